The van der Waals surface area contributed by atoms with Crippen molar-refractivity contribution < 1.29 is 23.7 Å². The Hall–Kier alpha value is -2.83. The van der Waals surface area contributed by atoms with E-state index >= 15 is 0 Å². The van der Waals surface area contributed by atoms with Crippen molar-refractivity contribution in [1.29, 1.82) is 0 Å². The van der Waals surface area contributed by atoms with Gasteiger partial charge in [0.2, 0.25) is 6.79 Å². The van der Waals surface area contributed by atoms with E-state index in [1.165, 1.54) is 0 Å². The summed E-state index contributed by atoms with van der Waals surface area (Å²) in [4.78, 5) is 14.9. The summed E-state index contributed by atoms with van der Waals surface area (Å²) >= 11 is 0. The Morgan fingerprint density at radius 3 is 2.75 bits per heavy atom. The van der Waals surface area contributed by atoms with E-state index in [0.29, 0.717) is 17.1 Å². The second kappa shape index (κ2) is 8.46. The lowest BCUT2D eigenvalue weighted by Crippen LogP contribution is -2.35. The summed E-state index contributed by atoms with van der Waals surface area (Å²) in [7, 11) is 1.68. The maximum atomic E-state index is 12.5. The number of hydrogen-bond acceptors (Lipinski definition) is 6. The molecule has 28 heavy (non-hydrogen) atoms. The molecule has 0 aliphatic carbocycles. The summed E-state index contributed by atoms with van der Waals surface area (Å²) in [6, 6.07) is 11.2. The Balaban J connectivity index is 1.48. The van der Waals surface area contributed by atoms with Gasteiger partial charge in [-0.25, -0.2) is 0 Å². The number of allylic oxidation sites excluding steroid dienone is 1. The smallest absolute Gasteiger partial charge is 0.231 e. The van der Waals surface area contributed by atoms with E-state index in [0.717, 1.165) is 49.7 Å². The van der Waals surface area contributed by atoms with E-state index in [9.17, 15) is 4.79 Å². The van der Waals surface area contributed by atoms with Gasteiger partial charge in [0.1, 0.15) is 5.75 Å². The Labute approximate surface area is 164 Å². The third-order valence-electron chi connectivity index (χ3n) is 4.89. The third kappa shape index (κ3) is 4.18. The van der Waals surface area contributed by atoms with Crippen LogP contribution in [0, 0.1) is 0 Å². The van der Waals surface area contributed by atoms with Gasteiger partial charge in [0.15, 0.2) is 17.3 Å². The summed E-state index contributed by atoms with van der Waals surface area (Å²) in [6.45, 7) is 4.32. The van der Waals surface area contributed by atoms with Gasteiger partial charge in [0.25, 0.3) is 0 Å². The maximum Gasteiger partial charge on any atom is 0.231 e. The van der Waals surface area contributed by atoms with Crippen LogP contribution < -0.4 is 14.2 Å². The first-order valence-corrected chi connectivity index (χ1v) is 9.32. The lowest BCUT2D eigenvalue weighted by molar-refractivity contribution is 0.0339. The highest BCUT2D eigenvalue weighted by molar-refractivity contribution is 6.07. The van der Waals surface area contributed by atoms with Crippen LogP contribution in [0.25, 0.3) is 6.08 Å². The van der Waals surface area contributed by atoms with Gasteiger partial charge in [-0.3, -0.25) is 9.69 Å². The van der Waals surface area contributed by atoms with Crippen molar-refractivity contribution in [3.05, 3.63) is 59.2 Å². The molecule has 1 saturated heterocycles. The molecule has 0 spiro atoms. The fraction of sp³-hybridized carbons (Fsp3) is 0.318. The van der Waals surface area contributed by atoms with Crippen LogP contribution in [0.3, 0.4) is 0 Å². The number of hydrogen-bond donors (Lipinski definition) is 0. The van der Waals surface area contributed by atoms with E-state index in [2.05, 4.69) is 11.0 Å². The number of morpholine rings is 1. The molecule has 1 fully saturated rings. The van der Waals surface area contributed by atoms with Crippen LogP contribution in [0.4, 0.5) is 0 Å². The van der Waals surface area contributed by atoms with Gasteiger partial charge in [-0.2, -0.15) is 0 Å². The van der Waals surface area contributed by atoms with Crippen molar-refractivity contribution in [2.24, 2.45) is 0 Å². The van der Waals surface area contributed by atoms with Crippen LogP contribution in [-0.4, -0.2) is 50.9 Å². The SMILES string of the molecule is COc1ccc(/C=C/C(=O)c2ccc3c(c2)OCO3)cc1CN1CCOCC1. The van der Waals surface area contributed by atoms with Gasteiger partial charge >= 0.3 is 0 Å². The zero-order valence-corrected chi connectivity index (χ0v) is 15.8. The number of ketones is 1. The first-order valence-electron chi connectivity index (χ1n) is 9.32. The second-order valence-electron chi connectivity index (χ2n) is 6.73. The Bertz CT molecular complexity index is 886. The van der Waals surface area contributed by atoms with Crippen molar-refractivity contribution in [2.45, 2.75) is 6.54 Å². The number of fused-ring (bicyclic) bond motifs is 1. The van der Waals surface area contributed by atoms with Crippen molar-refractivity contribution in [3.63, 3.8) is 0 Å². The minimum atomic E-state index is -0.0798. The molecule has 146 valence electrons. The molecule has 0 radical (unpaired) electrons. The lowest BCUT2D eigenvalue weighted by atomic mass is 10.1. The molecule has 4 rings (SSSR count). The number of methoxy groups -OCH3 is 1. The zero-order chi connectivity index (χ0) is 19.3. The van der Waals surface area contributed by atoms with E-state index < -0.39 is 0 Å². The van der Waals surface area contributed by atoms with E-state index in [-0.39, 0.29) is 12.6 Å². The molecule has 0 aromatic heterocycles. The van der Waals surface area contributed by atoms with Gasteiger partial charge < -0.3 is 18.9 Å². The average molecular weight is 381 g/mol. The lowest BCUT2D eigenvalue weighted by Gasteiger charge is -2.27. The van der Waals surface area contributed by atoms with Crippen LogP contribution >= 0.6 is 0 Å². The molecule has 0 atom stereocenters. The van der Waals surface area contributed by atoms with Gasteiger partial charge in [-0.15, -0.1) is 0 Å². The van der Waals surface area contributed by atoms with Crippen LogP contribution in [0.2, 0.25) is 0 Å². The minimum Gasteiger partial charge on any atom is -0.496 e. The minimum absolute atomic E-state index is 0.0798. The molecule has 0 saturated carbocycles. The van der Waals surface area contributed by atoms with E-state index in [1.807, 2.05) is 18.2 Å². The summed E-state index contributed by atoms with van der Waals surface area (Å²) in [6.07, 6.45) is 3.41. The maximum absolute atomic E-state index is 12.5. The summed E-state index contributed by atoms with van der Waals surface area (Å²) in [5.41, 5.74) is 2.63. The van der Waals surface area contributed by atoms with E-state index in [1.54, 1.807) is 31.4 Å². The van der Waals surface area contributed by atoms with Gasteiger partial charge in [0.05, 0.1) is 20.3 Å². The van der Waals surface area contributed by atoms with Gasteiger partial charge in [-0.1, -0.05) is 12.1 Å². The molecule has 0 bridgehead atoms. The molecule has 2 heterocycles. The fourth-order valence-corrected chi connectivity index (χ4v) is 3.34. The first kappa shape index (κ1) is 18.5. The molecule has 2 aromatic carbocycles. The molecular weight excluding hydrogens is 358 g/mol. The Morgan fingerprint density at radius 1 is 1.11 bits per heavy atom. The average Bonchev–Trinajstić information content (AvgIpc) is 3.21. The van der Waals surface area contributed by atoms with Gasteiger partial charge in [0, 0.05) is 30.8 Å². The first-order chi connectivity index (χ1) is 13.7. The molecule has 0 N–H and O–H groups in total. The summed E-state index contributed by atoms with van der Waals surface area (Å²) in [5, 5.41) is 0. The zero-order valence-electron chi connectivity index (χ0n) is 15.8. The van der Waals surface area contributed by atoms with Crippen LogP contribution in [0.1, 0.15) is 21.5 Å². The fourth-order valence-electron chi connectivity index (χ4n) is 3.34. The number of ether oxygens (including phenoxy) is 4. The van der Waals surface area contributed by atoms with Crippen LogP contribution in [0.15, 0.2) is 42.5 Å². The predicted molar refractivity (Wildman–Crippen MR) is 105 cm³/mol. The van der Waals surface area contributed by atoms with Crippen molar-refractivity contribution in [2.75, 3.05) is 40.2 Å². The molecule has 2 aliphatic heterocycles. The highest BCUT2D eigenvalue weighted by atomic mass is 16.7. The largest absolute Gasteiger partial charge is 0.496 e. The number of carbonyl (C=O) groups excluding carboxylic acids is 1. The topological polar surface area (TPSA) is 57.2 Å². The summed E-state index contributed by atoms with van der Waals surface area (Å²) in [5.74, 6) is 2.05. The quantitative estimate of drug-likeness (QED) is 0.566. The number of rotatable bonds is 6. The second-order valence-corrected chi connectivity index (χ2v) is 6.73. The van der Waals surface area contributed by atoms with Crippen molar-refractivity contribution in [3.8, 4) is 17.2 Å². The van der Waals surface area contributed by atoms with Crippen molar-refractivity contribution in [1.82, 2.24) is 4.90 Å². The number of nitrogens with zero attached hydrogens (tertiary/aromatic N) is 1. The molecule has 0 unspecified atom stereocenters. The van der Waals surface area contributed by atoms with Gasteiger partial charge in [-0.05, 0) is 42.0 Å². The van der Waals surface area contributed by atoms with E-state index in [4.69, 9.17) is 18.9 Å². The Morgan fingerprint density at radius 2 is 1.93 bits per heavy atom. The molecule has 6 heteroatoms. The standard InChI is InChI=1S/C22H23NO5/c1-25-20-6-3-16(12-18(20)14-23-8-10-26-11-9-23)2-5-19(24)17-4-7-21-22(13-17)28-15-27-21/h2-7,12-13H,8-11,14-15H2,1H3/b5-2+. The predicted octanol–water partition coefficient (Wildman–Crippen LogP) is 3.15. The number of benzene rings is 2. The normalized spacial score (nSPS) is 16.5. The number of carbonyl (C=O) groups is 1. The third-order valence-corrected chi connectivity index (χ3v) is 4.89. The monoisotopic (exact) mass is 381 g/mol. The molecule has 6 nitrogen and oxygen atoms in total. The highest BCUT2D eigenvalue weighted by Gasteiger charge is 2.16. The van der Waals surface area contributed by atoms with Crippen LogP contribution in [0.5, 0.6) is 17.2 Å². The van der Waals surface area contributed by atoms with Crippen molar-refractivity contribution >= 4 is 11.9 Å². The van der Waals surface area contributed by atoms with Crippen LogP contribution in [-0.2, 0) is 11.3 Å². The summed E-state index contributed by atoms with van der Waals surface area (Å²) < 4.78 is 21.5. The molecule has 0 amide bonds. The Kier molecular flexibility index (Phi) is 5.60. The molecule has 2 aliphatic rings. The highest BCUT2D eigenvalue weighted by Crippen LogP contribution is 2.32. The molecular formula is C22H23NO5. The molecule has 2 aromatic rings.